The highest BCUT2D eigenvalue weighted by Gasteiger charge is 2.43. The molecule has 29 heavy (non-hydrogen) atoms. The SMILES string of the molecule is CCN1CC[C@@]2(CCC1=O)C[C@@H](NC(=O)CCn1cncn1)c1ccccc1O2. The molecule has 0 bridgehead atoms. The van der Waals surface area contributed by atoms with Gasteiger partial charge >= 0.3 is 0 Å². The normalized spacial score (nSPS) is 24.0. The molecule has 2 atom stereocenters. The Bertz CT molecular complexity index is 869. The van der Waals surface area contributed by atoms with Gasteiger partial charge in [-0.1, -0.05) is 18.2 Å². The fourth-order valence-electron chi connectivity index (χ4n) is 4.30. The number of amides is 2. The number of para-hydroxylation sites is 1. The van der Waals surface area contributed by atoms with E-state index in [9.17, 15) is 9.59 Å². The van der Waals surface area contributed by atoms with Crippen molar-refractivity contribution in [2.45, 2.75) is 57.2 Å². The summed E-state index contributed by atoms with van der Waals surface area (Å²) in [6.45, 7) is 3.89. The number of ether oxygens (including phenoxy) is 1. The second-order valence-electron chi connectivity index (χ2n) is 7.78. The summed E-state index contributed by atoms with van der Waals surface area (Å²) in [6.07, 6.45) is 5.98. The number of aromatic nitrogens is 3. The van der Waals surface area contributed by atoms with Crippen LogP contribution in [0.1, 0.15) is 50.6 Å². The van der Waals surface area contributed by atoms with E-state index in [2.05, 4.69) is 15.4 Å². The Labute approximate surface area is 170 Å². The molecule has 2 aliphatic rings. The van der Waals surface area contributed by atoms with Crippen LogP contribution in [0.4, 0.5) is 0 Å². The third-order valence-electron chi connectivity index (χ3n) is 5.93. The maximum atomic E-state index is 12.6. The summed E-state index contributed by atoms with van der Waals surface area (Å²) in [5, 5.41) is 7.23. The number of nitrogens with one attached hydrogen (secondary N) is 1. The van der Waals surface area contributed by atoms with Crippen LogP contribution in [0.2, 0.25) is 0 Å². The molecule has 0 aliphatic carbocycles. The predicted octanol–water partition coefficient (Wildman–Crippen LogP) is 2.08. The van der Waals surface area contributed by atoms with Crippen LogP contribution >= 0.6 is 0 Å². The number of hydrogen-bond acceptors (Lipinski definition) is 5. The van der Waals surface area contributed by atoms with Crippen molar-refractivity contribution in [1.82, 2.24) is 25.0 Å². The zero-order chi connectivity index (χ0) is 20.3. The molecule has 1 spiro atoms. The van der Waals surface area contributed by atoms with Crippen molar-refractivity contribution in [2.75, 3.05) is 13.1 Å². The molecule has 1 fully saturated rings. The highest BCUT2D eigenvalue weighted by Crippen LogP contribution is 2.44. The third kappa shape index (κ3) is 4.26. The first-order valence-corrected chi connectivity index (χ1v) is 10.3. The molecule has 0 radical (unpaired) electrons. The van der Waals surface area contributed by atoms with Gasteiger partial charge in [-0.25, -0.2) is 4.98 Å². The summed E-state index contributed by atoms with van der Waals surface area (Å²) in [4.78, 5) is 30.8. The Balaban J connectivity index is 1.50. The van der Waals surface area contributed by atoms with Gasteiger partial charge in [0.25, 0.3) is 0 Å². The molecule has 154 valence electrons. The molecular weight excluding hydrogens is 370 g/mol. The first kappa shape index (κ1) is 19.4. The molecule has 2 aliphatic heterocycles. The molecule has 2 amide bonds. The molecule has 1 aromatic heterocycles. The summed E-state index contributed by atoms with van der Waals surface area (Å²) in [7, 11) is 0. The minimum atomic E-state index is -0.433. The highest BCUT2D eigenvalue weighted by atomic mass is 16.5. The van der Waals surface area contributed by atoms with Crippen LogP contribution in [0.25, 0.3) is 0 Å². The van der Waals surface area contributed by atoms with Crippen molar-refractivity contribution in [3.63, 3.8) is 0 Å². The van der Waals surface area contributed by atoms with Gasteiger partial charge in [0.15, 0.2) is 0 Å². The molecule has 0 saturated carbocycles. The van der Waals surface area contributed by atoms with Gasteiger partial charge in [0.2, 0.25) is 11.8 Å². The molecular formula is C21H27N5O3. The molecule has 1 N–H and O–H groups in total. The van der Waals surface area contributed by atoms with Gasteiger partial charge in [-0.3, -0.25) is 14.3 Å². The molecule has 4 rings (SSSR count). The average Bonchev–Trinajstić information content (AvgIpc) is 3.20. The maximum absolute atomic E-state index is 12.6. The molecule has 8 nitrogen and oxygen atoms in total. The van der Waals surface area contributed by atoms with Crippen LogP contribution in [0.15, 0.2) is 36.9 Å². The number of hydrogen-bond donors (Lipinski definition) is 1. The first-order valence-electron chi connectivity index (χ1n) is 10.3. The van der Waals surface area contributed by atoms with E-state index in [1.54, 1.807) is 11.0 Å². The van der Waals surface area contributed by atoms with E-state index in [4.69, 9.17) is 4.74 Å². The number of aryl methyl sites for hydroxylation is 1. The molecule has 1 aromatic carbocycles. The lowest BCUT2D eigenvalue weighted by Gasteiger charge is -2.42. The van der Waals surface area contributed by atoms with Gasteiger partial charge in [0.05, 0.1) is 12.6 Å². The van der Waals surface area contributed by atoms with Crippen molar-refractivity contribution < 1.29 is 14.3 Å². The maximum Gasteiger partial charge on any atom is 0.222 e. The summed E-state index contributed by atoms with van der Waals surface area (Å²) < 4.78 is 8.11. The zero-order valence-electron chi connectivity index (χ0n) is 16.7. The Hall–Kier alpha value is -2.90. The summed E-state index contributed by atoms with van der Waals surface area (Å²) in [5.74, 6) is 0.954. The average molecular weight is 397 g/mol. The van der Waals surface area contributed by atoms with Crippen molar-refractivity contribution in [3.8, 4) is 5.75 Å². The number of carbonyl (C=O) groups is 2. The van der Waals surface area contributed by atoms with E-state index in [-0.39, 0.29) is 17.9 Å². The molecule has 1 saturated heterocycles. The Morgan fingerprint density at radius 3 is 3.00 bits per heavy atom. The molecule has 8 heteroatoms. The monoisotopic (exact) mass is 397 g/mol. The number of fused-ring (bicyclic) bond motifs is 1. The van der Waals surface area contributed by atoms with E-state index in [0.29, 0.717) is 45.3 Å². The summed E-state index contributed by atoms with van der Waals surface area (Å²) in [6, 6.07) is 7.73. The quantitative estimate of drug-likeness (QED) is 0.834. The van der Waals surface area contributed by atoms with E-state index < -0.39 is 5.60 Å². The smallest absolute Gasteiger partial charge is 0.222 e. The predicted molar refractivity (Wildman–Crippen MR) is 106 cm³/mol. The molecule has 2 aromatic rings. The lowest BCUT2D eigenvalue weighted by molar-refractivity contribution is -0.130. The van der Waals surface area contributed by atoms with Crippen LogP contribution in [0.5, 0.6) is 5.75 Å². The summed E-state index contributed by atoms with van der Waals surface area (Å²) >= 11 is 0. The largest absolute Gasteiger partial charge is 0.487 e. The second kappa shape index (κ2) is 8.23. The summed E-state index contributed by atoms with van der Waals surface area (Å²) in [5.41, 5.74) is 0.563. The molecule has 3 heterocycles. The number of likely N-dealkylation sites (tertiary alicyclic amines) is 1. The number of nitrogens with zero attached hydrogens (tertiary/aromatic N) is 4. The standard InChI is InChI=1S/C21H27N5O3/c1-2-25-12-10-21(9-7-20(25)28)13-17(16-5-3-4-6-18(16)29-21)24-19(27)8-11-26-15-22-14-23-26/h3-6,14-15,17H,2,7-13H2,1H3,(H,24,27)/t17-,21+/m1/s1. The van der Waals surface area contributed by atoms with Gasteiger partial charge in [0.1, 0.15) is 24.0 Å². The van der Waals surface area contributed by atoms with Crippen LogP contribution in [0, 0.1) is 0 Å². The van der Waals surface area contributed by atoms with Gasteiger partial charge in [-0.15, -0.1) is 0 Å². The lowest BCUT2D eigenvalue weighted by atomic mass is 9.82. The van der Waals surface area contributed by atoms with E-state index in [1.807, 2.05) is 36.1 Å². The minimum Gasteiger partial charge on any atom is -0.487 e. The molecule has 0 unspecified atom stereocenters. The van der Waals surface area contributed by atoms with Crippen LogP contribution < -0.4 is 10.1 Å². The highest BCUT2D eigenvalue weighted by molar-refractivity contribution is 5.77. The van der Waals surface area contributed by atoms with Gasteiger partial charge < -0.3 is 15.0 Å². The van der Waals surface area contributed by atoms with E-state index in [1.165, 1.54) is 6.33 Å². The topological polar surface area (TPSA) is 89.4 Å². The fourth-order valence-corrected chi connectivity index (χ4v) is 4.30. The number of carbonyl (C=O) groups excluding carboxylic acids is 2. The lowest BCUT2D eigenvalue weighted by Crippen LogP contribution is -2.46. The second-order valence-corrected chi connectivity index (χ2v) is 7.78. The Kier molecular flexibility index (Phi) is 5.51. The van der Waals surface area contributed by atoms with Gasteiger partial charge in [0, 0.05) is 44.3 Å². The van der Waals surface area contributed by atoms with Crippen molar-refractivity contribution in [2.24, 2.45) is 0 Å². The zero-order valence-corrected chi connectivity index (χ0v) is 16.7. The van der Waals surface area contributed by atoms with Crippen molar-refractivity contribution in [1.29, 1.82) is 0 Å². The van der Waals surface area contributed by atoms with Crippen molar-refractivity contribution >= 4 is 11.8 Å². The van der Waals surface area contributed by atoms with Crippen molar-refractivity contribution in [3.05, 3.63) is 42.5 Å². The van der Waals surface area contributed by atoms with Gasteiger partial charge in [-0.05, 0) is 19.4 Å². The first-order chi connectivity index (χ1) is 14.1. The number of benzene rings is 1. The van der Waals surface area contributed by atoms with E-state index in [0.717, 1.165) is 17.7 Å². The van der Waals surface area contributed by atoms with Crippen LogP contribution in [0.3, 0.4) is 0 Å². The Morgan fingerprint density at radius 1 is 1.34 bits per heavy atom. The van der Waals surface area contributed by atoms with Crippen LogP contribution in [-0.2, 0) is 16.1 Å². The number of rotatable bonds is 5. The fraction of sp³-hybridized carbons (Fsp3) is 0.524. The third-order valence-corrected chi connectivity index (χ3v) is 5.93. The Morgan fingerprint density at radius 2 is 2.21 bits per heavy atom. The minimum absolute atomic E-state index is 0.0303. The van der Waals surface area contributed by atoms with Crippen LogP contribution in [-0.4, -0.2) is 50.2 Å². The van der Waals surface area contributed by atoms with Gasteiger partial charge in [-0.2, -0.15) is 5.10 Å². The van der Waals surface area contributed by atoms with E-state index >= 15 is 0 Å².